The van der Waals surface area contributed by atoms with Gasteiger partial charge in [-0.15, -0.1) is 0 Å². The first-order chi connectivity index (χ1) is 11.0. The number of rotatable bonds is 4. The maximum absolute atomic E-state index is 13.9. The van der Waals surface area contributed by atoms with Gasteiger partial charge in [-0.05, 0) is 23.8 Å². The molecule has 1 aliphatic rings. The van der Waals surface area contributed by atoms with Gasteiger partial charge in [0.15, 0.2) is 0 Å². The molecule has 2 rings (SSSR count). The van der Waals surface area contributed by atoms with Crippen LogP contribution in [0.15, 0.2) is 29.3 Å². The molecule has 0 aliphatic heterocycles. The lowest BCUT2D eigenvalue weighted by Crippen LogP contribution is -2.11. The van der Waals surface area contributed by atoms with Crippen molar-refractivity contribution in [3.63, 3.8) is 0 Å². The normalized spacial score (nSPS) is 23.1. The van der Waals surface area contributed by atoms with Crippen LogP contribution in [0, 0.1) is 30.0 Å². The Bertz CT molecular complexity index is 680. The Kier molecular flexibility index (Phi) is 5.00. The standard InChI is InChI=1S/C17H17ClF4O2/c1-9-5-4-6-10(14(9)19)8-24-15(23)13-11(16(13,2)3)7-12(18)17(20,21)22/h4-7,11,13H,8H2,1-3H3. The zero-order valence-corrected chi connectivity index (χ0v) is 14.1. The quantitative estimate of drug-likeness (QED) is 0.546. The number of hydrogen-bond donors (Lipinski definition) is 0. The van der Waals surface area contributed by atoms with Crippen LogP contribution in [-0.4, -0.2) is 12.1 Å². The Morgan fingerprint density at radius 2 is 2.00 bits per heavy atom. The molecule has 0 spiro atoms. The van der Waals surface area contributed by atoms with Crippen LogP contribution in [0.1, 0.15) is 25.0 Å². The van der Waals surface area contributed by atoms with Crippen LogP contribution in [-0.2, 0) is 16.1 Å². The number of halogens is 5. The molecule has 1 aromatic carbocycles. The van der Waals surface area contributed by atoms with Crippen molar-refractivity contribution >= 4 is 17.6 Å². The maximum atomic E-state index is 13.9. The molecular formula is C17H17ClF4O2. The minimum absolute atomic E-state index is 0.224. The SMILES string of the molecule is Cc1cccc(COC(=O)C2C(C=C(Cl)C(F)(F)F)C2(C)C)c1F. The summed E-state index contributed by atoms with van der Waals surface area (Å²) < 4.78 is 56.5. The summed E-state index contributed by atoms with van der Waals surface area (Å²) in [7, 11) is 0. The molecule has 132 valence electrons. The highest BCUT2D eigenvalue weighted by molar-refractivity contribution is 6.30. The summed E-state index contributed by atoms with van der Waals surface area (Å²) in [5, 5.41) is -1.25. The second-order valence-corrected chi connectivity index (χ2v) is 6.90. The molecule has 2 unspecified atom stereocenters. The van der Waals surface area contributed by atoms with Crippen molar-refractivity contribution in [2.45, 2.75) is 33.6 Å². The van der Waals surface area contributed by atoms with Gasteiger partial charge in [0.2, 0.25) is 0 Å². The number of aryl methyl sites for hydroxylation is 1. The van der Waals surface area contributed by atoms with Crippen molar-refractivity contribution < 1.29 is 27.1 Å². The van der Waals surface area contributed by atoms with Gasteiger partial charge < -0.3 is 4.74 Å². The van der Waals surface area contributed by atoms with Crippen molar-refractivity contribution in [1.82, 2.24) is 0 Å². The van der Waals surface area contributed by atoms with Crippen molar-refractivity contribution in [2.75, 3.05) is 0 Å². The molecule has 1 aliphatic carbocycles. The minimum Gasteiger partial charge on any atom is -0.460 e. The molecule has 0 radical (unpaired) electrons. The fourth-order valence-corrected chi connectivity index (χ4v) is 2.89. The van der Waals surface area contributed by atoms with Crippen LogP contribution in [0.4, 0.5) is 17.6 Å². The van der Waals surface area contributed by atoms with Gasteiger partial charge in [0.1, 0.15) is 17.5 Å². The molecule has 0 heterocycles. The molecule has 1 aromatic rings. The number of hydrogen-bond acceptors (Lipinski definition) is 2. The number of carbonyl (C=O) groups excluding carboxylic acids is 1. The van der Waals surface area contributed by atoms with E-state index in [2.05, 4.69) is 0 Å². The molecule has 24 heavy (non-hydrogen) atoms. The Morgan fingerprint density at radius 3 is 2.58 bits per heavy atom. The van der Waals surface area contributed by atoms with E-state index in [0.717, 1.165) is 6.08 Å². The van der Waals surface area contributed by atoms with E-state index in [1.807, 2.05) is 0 Å². The van der Waals surface area contributed by atoms with Gasteiger partial charge in [-0.1, -0.05) is 49.7 Å². The Hall–Kier alpha value is -1.56. The highest BCUT2D eigenvalue weighted by Crippen LogP contribution is 2.60. The van der Waals surface area contributed by atoms with E-state index in [0.29, 0.717) is 5.56 Å². The number of alkyl halides is 3. The molecule has 0 saturated heterocycles. The van der Waals surface area contributed by atoms with E-state index in [1.54, 1.807) is 32.9 Å². The largest absolute Gasteiger partial charge is 0.460 e. The third kappa shape index (κ3) is 3.74. The lowest BCUT2D eigenvalue weighted by atomic mass is 10.1. The average molecular weight is 365 g/mol. The predicted octanol–water partition coefficient (Wildman–Crippen LogP) is 5.13. The van der Waals surface area contributed by atoms with Gasteiger partial charge >= 0.3 is 12.1 Å². The van der Waals surface area contributed by atoms with E-state index in [9.17, 15) is 22.4 Å². The van der Waals surface area contributed by atoms with Crippen LogP contribution >= 0.6 is 11.6 Å². The third-order valence-electron chi connectivity index (χ3n) is 4.40. The molecule has 7 heteroatoms. The third-order valence-corrected chi connectivity index (χ3v) is 4.74. The second kappa shape index (κ2) is 6.39. The van der Waals surface area contributed by atoms with Crippen LogP contribution in [0.3, 0.4) is 0 Å². The number of ether oxygens (including phenoxy) is 1. The van der Waals surface area contributed by atoms with Gasteiger partial charge in [0.05, 0.1) is 5.92 Å². The zero-order chi connectivity index (χ0) is 18.3. The number of carbonyl (C=O) groups is 1. The zero-order valence-electron chi connectivity index (χ0n) is 13.4. The van der Waals surface area contributed by atoms with Crippen LogP contribution in [0.5, 0.6) is 0 Å². The van der Waals surface area contributed by atoms with E-state index in [1.165, 1.54) is 6.07 Å². The van der Waals surface area contributed by atoms with Crippen LogP contribution in [0.2, 0.25) is 0 Å². The van der Waals surface area contributed by atoms with Gasteiger partial charge in [-0.3, -0.25) is 4.79 Å². The summed E-state index contributed by atoms with van der Waals surface area (Å²) in [6.45, 7) is 4.65. The van der Waals surface area contributed by atoms with Crippen molar-refractivity contribution in [3.05, 3.63) is 46.3 Å². The van der Waals surface area contributed by atoms with Gasteiger partial charge in [0, 0.05) is 5.56 Å². The van der Waals surface area contributed by atoms with Crippen LogP contribution < -0.4 is 0 Å². The summed E-state index contributed by atoms with van der Waals surface area (Å²) >= 11 is 5.23. The minimum atomic E-state index is -4.64. The van der Waals surface area contributed by atoms with Crippen LogP contribution in [0.25, 0.3) is 0 Å². The van der Waals surface area contributed by atoms with E-state index in [-0.39, 0.29) is 12.2 Å². The van der Waals surface area contributed by atoms with Crippen molar-refractivity contribution in [3.8, 4) is 0 Å². The molecule has 1 saturated carbocycles. The van der Waals surface area contributed by atoms with Gasteiger partial charge in [0.25, 0.3) is 0 Å². The number of allylic oxidation sites excluding steroid dienone is 2. The smallest absolute Gasteiger partial charge is 0.426 e. The topological polar surface area (TPSA) is 26.3 Å². The fraction of sp³-hybridized carbons (Fsp3) is 0.471. The molecule has 0 N–H and O–H groups in total. The molecule has 0 amide bonds. The van der Waals surface area contributed by atoms with E-state index < -0.39 is 40.2 Å². The number of benzene rings is 1. The Morgan fingerprint density at radius 1 is 1.38 bits per heavy atom. The molecule has 0 aromatic heterocycles. The van der Waals surface area contributed by atoms with Gasteiger partial charge in [-0.2, -0.15) is 13.2 Å². The first-order valence-electron chi connectivity index (χ1n) is 7.31. The first-order valence-corrected chi connectivity index (χ1v) is 7.69. The monoisotopic (exact) mass is 364 g/mol. The van der Waals surface area contributed by atoms with Crippen molar-refractivity contribution in [1.29, 1.82) is 0 Å². The summed E-state index contributed by atoms with van der Waals surface area (Å²) in [6.07, 6.45) is -3.79. The Labute approximate surface area is 142 Å². The van der Waals surface area contributed by atoms with Crippen molar-refractivity contribution in [2.24, 2.45) is 17.3 Å². The van der Waals surface area contributed by atoms with Gasteiger partial charge in [-0.25, -0.2) is 4.39 Å². The molecular weight excluding hydrogens is 348 g/mol. The highest BCUT2D eigenvalue weighted by atomic mass is 35.5. The molecule has 1 fully saturated rings. The summed E-state index contributed by atoms with van der Waals surface area (Å²) in [4.78, 5) is 12.1. The second-order valence-electron chi connectivity index (χ2n) is 6.49. The lowest BCUT2D eigenvalue weighted by molar-refractivity contribution is -0.147. The first kappa shape index (κ1) is 18.8. The highest BCUT2D eigenvalue weighted by Gasteiger charge is 2.62. The summed E-state index contributed by atoms with van der Waals surface area (Å²) in [6, 6.07) is 4.72. The molecule has 2 nitrogen and oxygen atoms in total. The average Bonchev–Trinajstić information content (AvgIpc) is 3.00. The maximum Gasteiger partial charge on any atom is 0.426 e. The Balaban J connectivity index is 2.04. The predicted molar refractivity (Wildman–Crippen MR) is 81.7 cm³/mol. The molecule has 0 bridgehead atoms. The van der Waals surface area contributed by atoms with E-state index in [4.69, 9.17) is 16.3 Å². The molecule has 2 atom stereocenters. The summed E-state index contributed by atoms with van der Waals surface area (Å²) in [5.74, 6) is -2.52. The number of esters is 1. The summed E-state index contributed by atoms with van der Waals surface area (Å²) in [5.41, 5.74) is -0.0385. The van der Waals surface area contributed by atoms with E-state index >= 15 is 0 Å². The lowest BCUT2D eigenvalue weighted by Gasteiger charge is -2.08. The fourth-order valence-electron chi connectivity index (χ4n) is 2.75.